The Labute approximate surface area is 110 Å². The molecule has 0 aliphatic carbocycles. The van der Waals surface area contributed by atoms with Gasteiger partial charge < -0.3 is 15.4 Å². The maximum absolute atomic E-state index is 5.70. The van der Waals surface area contributed by atoms with Crippen LogP contribution in [0.25, 0.3) is 0 Å². The van der Waals surface area contributed by atoms with Crippen LogP contribution in [-0.4, -0.2) is 54.3 Å². The van der Waals surface area contributed by atoms with Crippen molar-refractivity contribution in [1.29, 1.82) is 0 Å². The minimum absolute atomic E-state index is 0.240. The van der Waals surface area contributed by atoms with E-state index in [4.69, 9.17) is 10.5 Å². The van der Waals surface area contributed by atoms with Gasteiger partial charge in [0.05, 0.1) is 6.10 Å². The lowest BCUT2D eigenvalue weighted by Crippen LogP contribution is -2.33. The van der Waals surface area contributed by atoms with Crippen LogP contribution in [0.15, 0.2) is 0 Å². The minimum atomic E-state index is 0.240. The molecule has 1 aliphatic heterocycles. The summed E-state index contributed by atoms with van der Waals surface area (Å²) >= 11 is 2.10. The van der Waals surface area contributed by atoms with Gasteiger partial charge in [-0.2, -0.15) is 11.8 Å². The van der Waals surface area contributed by atoms with E-state index >= 15 is 0 Å². The molecule has 0 saturated carbocycles. The molecule has 1 saturated heterocycles. The molecular weight excluding hydrogens is 232 g/mol. The van der Waals surface area contributed by atoms with E-state index in [-0.39, 0.29) is 6.10 Å². The van der Waals surface area contributed by atoms with Gasteiger partial charge in [0.1, 0.15) is 0 Å². The van der Waals surface area contributed by atoms with E-state index in [1.54, 1.807) is 0 Å². The molecule has 2 N–H and O–H groups in total. The Morgan fingerprint density at radius 3 is 2.82 bits per heavy atom. The average Bonchev–Trinajstić information content (AvgIpc) is 2.46. The Morgan fingerprint density at radius 1 is 1.41 bits per heavy atom. The molecule has 0 aromatic carbocycles. The second-order valence-electron chi connectivity index (χ2n) is 5.30. The first-order valence-electron chi connectivity index (χ1n) is 6.75. The van der Waals surface area contributed by atoms with Crippen LogP contribution in [0.2, 0.25) is 0 Å². The van der Waals surface area contributed by atoms with E-state index in [2.05, 4.69) is 30.5 Å². The molecule has 4 heteroatoms. The molecule has 3 nitrogen and oxygen atoms in total. The number of hydrogen-bond acceptors (Lipinski definition) is 4. The summed E-state index contributed by atoms with van der Waals surface area (Å²) in [5, 5.41) is 0. The summed E-state index contributed by atoms with van der Waals surface area (Å²) in [5.41, 5.74) is 5.70. The monoisotopic (exact) mass is 260 g/mol. The van der Waals surface area contributed by atoms with Crippen molar-refractivity contribution in [3.05, 3.63) is 0 Å². The fourth-order valence-corrected chi connectivity index (χ4v) is 3.26. The number of rotatable bonds is 6. The van der Waals surface area contributed by atoms with E-state index < -0.39 is 0 Å². The molecule has 0 spiro atoms. The summed E-state index contributed by atoms with van der Waals surface area (Å²) in [6.45, 7) is 11.7. The molecule has 1 heterocycles. The van der Waals surface area contributed by atoms with Crippen LogP contribution in [0.1, 0.15) is 33.6 Å². The largest absolute Gasteiger partial charge is 0.377 e. The summed E-state index contributed by atoms with van der Waals surface area (Å²) < 4.78 is 6.04. The second kappa shape index (κ2) is 7.62. The zero-order chi connectivity index (χ0) is 12.7. The molecule has 102 valence electrons. The highest BCUT2D eigenvalue weighted by molar-refractivity contribution is 8.00. The van der Waals surface area contributed by atoms with Crippen molar-refractivity contribution in [2.24, 2.45) is 5.73 Å². The summed E-state index contributed by atoms with van der Waals surface area (Å²) in [5.74, 6) is 1.24. The van der Waals surface area contributed by atoms with Crippen LogP contribution >= 0.6 is 11.8 Å². The van der Waals surface area contributed by atoms with Gasteiger partial charge in [0.25, 0.3) is 0 Å². The number of nitrogens with two attached hydrogens (primary N) is 1. The van der Waals surface area contributed by atoms with Crippen LogP contribution in [0, 0.1) is 0 Å². The maximum Gasteiger partial charge on any atom is 0.0709 e. The average molecular weight is 260 g/mol. The standard InChI is InChI=1S/C13H28N2OS/c1-4-16-12(11-14)5-7-15-8-6-13(2,3)17-10-9-15/h12H,4-11,14H2,1-3H3. The lowest BCUT2D eigenvalue weighted by atomic mass is 10.1. The van der Waals surface area contributed by atoms with Gasteiger partial charge in [0, 0.05) is 36.7 Å². The van der Waals surface area contributed by atoms with Gasteiger partial charge in [-0.05, 0) is 26.3 Å². The second-order valence-corrected chi connectivity index (χ2v) is 7.10. The highest BCUT2D eigenvalue weighted by atomic mass is 32.2. The molecule has 1 rings (SSSR count). The highest BCUT2D eigenvalue weighted by Crippen LogP contribution is 2.30. The summed E-state index contributed by atoms with van der Waals surface area (Å²) in [6, 6.07) is 0. The molecule has 1 fully saturated rings. The van der Waals surface area contributed by atoms with Gasteiger partial charge in [-0.3, -0.25) is 0 Å². The van der Waals surface area contributed by atoms with Gasteiger partial charge in [0.2, 0.25) is 0 Å². The van der Waals surface area contributed by atoms with Crippen LogP contribution in [-0.2, 0) is 4.74 Å². The first kappa shape index (κ1) is 15.3. The summed E-state index contributed by atoms with van der Waals surface area (Å²) in [6.07, 6.45) is 2.58. The predicted octanol–water partition coefficient (Wildman–Crippen LogP) is 1.96. The molecule has 0 radical (unpaired) electrons. The van der Waals surface area contributed by atoms with Crippen molar-refractivity contribution in [3.63, 3.8) is 0 Å². The Balaban J connectivity index is 2.27. The maximum atomic E-state index is 5.70. The van der Waals surface area contributed by atoms with Crippen molar-refractivity contribution >= 4 is 11.8 Å². The van der Waals surface area contributed by atoms with Crippen LogP contribution in [0.3, 0.4) is 0 Å². The van der Waals surface area contributed by atoms with Crippen LogP contribution in [0.4, 0.5) is 0 Å². The highest BCUT2D eigenvalue weighted by Gasteiger charge is 2.23. The number of nitrogens with zero attached hydrogens (tertiary/aromatic N) is 1. The van der Waals surface area contributed by atoms with Gasteiger partial charge in [-0.25, -0.2) is 0 Å². The molecule has 1 atom stereocenters. The van der Waals surface area contributed by atoms with E-state index in [0.717, 1.165) is 19.6 Å². The number of hydrogen-bond donors (Lipinski definition) is 1. The normalized spacial score (nSPS) is 23.3. The third-order valence-corrected chi connectivity index (χ3v) is 4.74. The zero-order valence-electron chi connectivity index (χ0n) is 11.6. The molecule has 0 aromatic rings. The quantitative estimate of drug-likeness (QED) is 0.792. The zero-order valence-corrected chi connectivity index (χ0v) is 12.4. The van der Waals surface area contributed by atoms with Gasteiger partial charge >= 0.3 is 0 Å². The van der Waals surface area contributed by atoms with E-state index in [1.165, 1.54) is 25.3 Å². The molecular formula is C13H28N2OS. The Bertz CT molecular complexity index is 212. The molecule has 1 aliphatic rings. The molecule has 17 heavy (non-hydrogen) atoms. The van der Waals surface area contributed by atoms with E-state index in [0.29, 0.717) is 11.3 Å². The molecule has 1 unspecified atom stereocenters. The fourth-order valence-electron chi connectivity index (χ4n) is 2.12. The molecule has 0 amide bonds. The lowest BCUT2D eigenvalue weighted by Gasteiger charge is -2.24. The van der Waals surface area contributed by atoms with Crippen molar-refractivity contribution in [1.82, 2.24) is 4.90 Å². The molecule has 0 bridgehead atoms. The smallest absolute Gasteiger partial charge is 0.0709 e. The van der Waals surface area contributed by atoms with E-state index in [9.17, 15) is 0 Å². The Kier molecular flexibility index (Phi) is 6.85. The van der Waals surface area contributed by atoms with Crippen molar-refractivity contribution in [2.75, 3.05) is 38.5 Å². The predicted molar refractivity (Wildman–Crippen MR) is 76.7 cm³/mol. The van der Waals surface area contributed by atoms with E-state index in [1.807, 2.05) is 6.92 Å². The minimum Gasteiger partial charge on any atom is -0.377 e. The third-order valence-electron chi connectivity index (χ3n) is 3.36. The fraction of sp³-hybridized carbons (Fsp3) is 1.00. The van der Waals surface area contributed by atoms with Crippen LogP contribution < -0.4 is 5.73 Å². The van der Waals surface area contributed by atoms with Crippen molar-refractivity contribution < 1.29 is 4.74 Å². The van der Waals surface area contributed by atoms with Gasteiger partial charge in [-0.1, -0.05) is 13.8 Å². The van der Waals surface area contributed by atoms with Crippen LogP contribution in [0.5, 0.6) is 0 Å². The van der Waals surface area contributed by atoms with Gasteiger partial charge in [-0.15, -0.1) is 0 Å². The lowest BCUT2D eigenvalue weighted by molar-refractivity contribution is 0.0548. The summed E-state index contributed by atoms with van der Waals surface area (Å²) in [7, 11) is 0. The first-order chi connectivity index (χ1) is 8.07. The SMILES string of the molecule is CCOC(CN)CCN1CCSC(C)(C)CC1. The third kappa shape index (κ3) is 6.09. The molecule has 0 aromatic heterocycles. The summed E-state index contributed by atoms with van der Waals surface area (Å²) in [4.78, 5) is 2.56. The number of ether oxygens (including phenoxy) is 1. The Morgan fingerprint density at radius 2 is 2.18 bits per heavy atom. The number of thioether (sulfide) groups is 1. The van der Waals surface area contributed by atoms with Gasteiger partial charge in [0.15, 0.2) is 0 Å². The van der Waals surface area contributed by atoms with Crippen molar-refractivity contribution in [3.8, 4) is 0 Å². The first-order valence-corrected chi connectivity index (χ1v) is 7.74. The Hall–Kier alpha value is 0.230. The van der Waals surface area contributed by atoms with Crippen molar-refractivity contribution in [2.45, 2.75) is 44.5 Å². The topological polar surface area (TPSA) is 38.5 Å².